The highest BCUT2D eigenvalue weighted by Crippen LogP contribution is 2.31. The first-order chi connectivity index (χ1) is 12.1. The number of hydrogen-bond donors (Lipinski definition) is 0. The fourth-order valence-electron chi connectivity index (χ4n) is 2.22. The lowest BCUT2D eigenvalue weighted by atomic mass is 10.3. The van der Waals surface area contributed by atoms with E-state index in [0.29, 0.717) is 21.7 Å². The summed E-state index contributed by atoms with van der Waals surface area (Å²) in [5, 5.41) is 1.95. The van der Waals surface area contributed by atoms with Gasteiger partial charge in [0.05, 0.1) is 21.6 Å². The Morgan fingerprint density at radius 3 is 2.52 bits per heavy atom. The second-order valence-electron chi connectivity index (χ2n) is 5.34. The van der Waals surface area contributed by atoms with Crippen molar-refractivity contribution in [3.05, 3.63) is 76.3 Å². The van der Waals surface area contributed by atoms with Gasteiger partial charge in [0, 0.05) is 28.9 Å². The second kappa shape index (κ2) is 8.86. The Labute approximate surface area is 165 Å². The first-order valence-corrected chi connectivity index (χ1v) is 9.57. The summed E-state index contributed by atoms with van der Waals surface area (Å²) in [6.45, 7) is 1.29. The quantitative estimate of drug-likeness (QED) is 0.439. The van der Waals surface area contributed by atoms with Gasteiger partial charge in [-0.15, -0.1) is 11.8 Å². The molecule has 130 valence electrons. The predicted molar refractivity (Wildman–Crippen MR) is 105 cm³/mol. The molecule has 1 heterocycles. The van der Waals surface area contributed by atoms with Crippen molar-refractivity contribution in [3.8, 4) is 5.75 Å². The van der Waals surface area contributed by atoms with Crippen molar-refractivity contribution in [3.63, 3.8) is 0 Å². The molecule has 0 saturated heterocycles. The highest BCUT2D eigenvalue weighted by Gasteiger charge is 2.14. The van der Waals surface area contributed by atoms with Crippen molar-refractivity contribution in [1.29, 1.82) is 0 Å². The fraction of sp³-hybridized carbons (Fsp3) is 0.167. The van der Waals surface area contributed by atoms with E-state index < -0.39 is 0 Å². The number of aromatic nitrogens is 2. The van der Waals surface area contributed by atoms with Gasteiger partial charge in [0.2, 0.25) is 0 Å². The third-order valence-electron chi connectivity index (χ3n) is 3.42. The molecule has 0 saturated carbocycles. The van der Waals surface area contributed by atoms with Crippen LogP contribution in [0.1, 0.15) is 0 Å². The van der Waals surface area contributed by atoms with Crippen molar-refractivity contribution in [1.82, 2.24) is 9.55 Å². The number of thioether (sulfide) groups is 1. The zero-order chi connectivity index (χ0) is 17.6. The van der Waals surface area contributed by atoms with Crippen LogP contribution in [0.2, 0.25) is 15.1 Å². The molecule has 3 rings (SSSR count). The average Bonchev–Trinajstić information content (AvgIpc) is 3.10. The van der Waals surface area contributed by atoms with Gasteiger partial charge >= 0.3 is 0 Å². The molecule has 7 heteroatoms. The van der Waals surface area contributed by atoms with Crippen LogP contribution < -0.4 is 4.74 Å². The molecule has 1 atom stereocenters. The third-order valence-corrected chi connectivity index (χ3v) is 5.55. The summed E-state index contributed by atoms with van der Waals surface area (Å²) in [5.41, 5.74) is 0. The minimum atomic E-state index is 0.169. The maximum atomic E-state index is 6.12. The van der Waals surface area contributed by atoms with Gasteiger partial charge in [0.25, 0.3) is 0 Å². The minimum absolute atomic E-state index is 0.169. The molecule has 0 aliphatic rings. The minimum Gasteiger partial charge on any atom is -0.492 e. The zero-order valence-electron chi connectivity index (χ0n) is 13.1. The Balaban J connectivity index is 1.69. The van der Waals surface area contributed by atoms with Gasteiger partial charge in [-0.3, -0.25) is 0 Å². The van der Waals surface area contributed by atoms with Crippen LogP contribution in [-0.4, -0.2) is 21.4 Å². The number of rotatable bonds is 7. The largest absolute Gasteiger partial charge is 0.492 e. The summed E-state index contributed by atoms with van der Waals surface area (Å²) in [5.74, 6) is 0.787. The lowest BCUT2D eigenvalue weighted by molar-refractivity contribution is 0.308. The highest BCUT2D eigenvalue weighted by atomic mass is 35.5. The molecule has 0 fully saturated rings. The summed E-state index contributed by atoms with van der Waals surface area (Å²) >= 11 is 19.7. The van der Waals surface area contributed by atoms with Crippen LogP contribution in [0.5, 0.6) is 5.75 Å². The zero-order valence-corrected chi connectivity index (χ0v) is 16.2. The van der Waals surface area contributed by atoms with Gasteiger partial charge in [0.15, 0.2) is 0 Å². The maximum Gasteiger partial charge on any atom is 0.119 e. The Kier molecular flexibility index (Phi) is 6.54. The monoisotopic (exact) mass is 412 g/mol. The Morgan fingerprint density at radius 2 is 1.84 bits per heavy atom. The van der Waals surface area contributed by atoms with Gasteiger partial charge in [-0.1, -0.05) is 34.8 Å². The molecule has 0 N–H and O–H groups in total. The molecule has 25 heavy (non-hydrogen) atoms. The standard InChI is InChI=1S/C18H15Cl3N2OS/c19-13-1-3-14(4-2-13)24-11-16(10-23-8-7-22-12-23)25-15-5-6-17(20)18(21)9-15/h1-9,12,16H,10-11H2. The summed E-state index contributed by atoms with van der Waals surface area (Å²) in [6, 6.07) is 13.0. The number of hydrogen-bond acceptors (Lipinski definition) is 3. The van der Waals surface area contributed by atoms with Crippen LogP contribution in [-0.2, 0) is 6.54 Å². The van der Waals surface area contributed by atoms with Gasteiger partial charge in [-0.05, 0) is 42.5 Å². The Bertz CT molecular complexity index is 810. The molecular weight excluding hydrogens is 399 g/mol. The average molecular weight is 414 g/mol. The number of benzene rings is 2. The predicted octanol–water partition coefficient (Wildman–Crippen LogP) is 6.08. The Hall–Kier alpha value is -1.33. The van der Waals surface area contributed by atoms with E-state index in [9.17, 15) is 0 Å². The van der Waals surface area contributed by atoms with Gasteiger partial charge in [0.1, 0.15) is 12.4 Å². The molecule has 1 aromatic heterocycles. The lowest BCUT2D eigenvalue weighted by Gasteiger charge is -2.18. The molecule has 0 aliphatic carbocycles. The van der Waals surface area contributed by atoms with Crippen LogP contribution in [0.4, 0.5) is 0 Å². The molecule has 0 aliphatic heterocycles. The van der Waals surface area contributed by atoms with Crippen LogP contribution in [0.15, 0.2) is 66.1 Å². The lowest BCUT2D eigenvalue weighted by Crippen LogP contribution is -2.20. The van der Waals surface area contributed by atoms with E-state index in [0.717, 1.165) is 17.2 Å². The molecule has 0 bridgehead atoms. The molecule has 0 amide bonds. The summed E-state index contributed by atoms with van der Waals surface area (Å²) in [4.78, 5) is 5.14. The van der Waals surface area contributed by atoms with Crippen LogP contribution in [0.3, 0.4) is 0 Å². The van der Waals surface area contributed by atoms with Crippen LogP contribution in [0.25, 0.3) is 0 Å². The first kappa shape index (κ1) is 18.5. The van der Waals surface area contributed by atoms with Gasteiger partial charge in [-0.25, -0.2) is 4.98 Å². The molecule has 0 radical (unpaired) electrons. The van der Waals surface area contributed by atoms with Gasteiger partial charge < -0.3 is 9.30 Å². The molecular formula is C18H15Cl3N2OS. The number of halogens is 3. The Morgan fingerprint density at radius 1 is 1.04 bits per heavy atom. The van der Waals surface area contributed by atoms with Crippen LogP contribution in [0, 0.1) is 0 Å². The van der Waals surface area contributed by atoms with Crippen molar-refractivity contribution < 1.29 is 4.74 Å². The smallest absolute Gasteiger partial charge is 0.119 e. The maximum absolute atomic E-state index is 6.12. The normalized spacial score (nSPS) is 12.1. The van der Waals surface area contributed by atoms with E-state index in [2.05, 4.69) is 4.98 Å². The fourth-order valence-corrected chi connectivity index (χ4v) is 3.81. The van der Waals surface area contributed by atoms with Crippen molar-refractivity contribution >= 4 is 46.6 Å². The van der Waals surface area contributed by atoms with Crippen molar-refractivity contribution in [2.24, 2.45) is 0 Å². The number of nitrogens with zero attached hydrogens (tertiary/aromatic N) is 2. The number of imidazole rings is 1. The van der Waals surface area contributed by atoms with E-state index in [4.69, 9.17) is 39.5 Å². The van der Waals surface area contributed by atoms with E-state index in [1.165, 1.54) is 0 Å². The number of ether oxygens (including phenoxy) is 1. The summed E-state index contributed by atoms with van der Waals surface area (Å²) in [6.07, 6.45) is 5.50. The van der Waals surface area contributed by atoms with E-state index in [1.54, 1.807) is 30.4 Å². The molecule has 2 aromatic carbocycles. The van der Waals surface area contributed by atoms with E-state index in [1.807, 2.05) is 47.2 Å². The topological polar surface area (TPSA) is 27.1 Å². The molecule has 0 spiro atoms. The van der Waals surface area contributed by atoms with Crippen molar-refractivity contribution in [2.75, 3.05) is 6.61 Å². The molecule has 1 unspecified atom stereocenters. The second-order valence-corrected chi connectivity index (χ2v) is 7.96. The molecule has 3 nitrogen and oxygen atoms in total. The highest BCUT2D eigenvalue weighted by molar-refractivity contribution is 8.00. The van der Waals surface area contributed by atoms with E-state index >= 15 is 0 Å². The first-order valence-electron chi connectivity index (χ1n) is 7.56. The third kappa shape index (κ3) is 5.58. The van der Waals surface area contributed by atoms with Crippen LogP contribution >= 0.6 is 46.6 Å². The van der Waals surface area contributed by atoms with Gasteiger partial charge in [-0.2, -0.15) is 0 Å². The van der Waals surface area contributed by atoms with Crippen molar-refractivity contribution in [2.45, 2.75) is 16.7 Å². The summed E-state index contributed by atoms with van der Waals surface area (Å²) in [7, 11) is 0. The molecule has 3 aromatic rings. The van der Waals surface area contributed by atoms with E-state index in [-0.39, 0.29) is 5.25 Å². The summed E-state index contributed by atoms with van der Waals surface area (Å²) < 4.78 is 7.95. The SMILES string of the molecule is Clc1ccc(OCC(Cn2ccnc2)Sc2ccc(Cl)c(Cl)c2)cc1.